The molecule has 0 atom stereocenters. The van der Waals surface area contributed by atoms with Crippen molar-refractivity contribution in [2.75, 3.05) is 5.32 Å². The largest absolute Gasteiger partial charge is 0.419 e. The fourth-order valence-electron chi connectivity index (χ4n) is 3.20. The second-order valence-electron chi connectivity index (χ2n) is 6.75. The summed E-state index contributed by atoms with van der Waals surface area (Å²) < 4.78 is 8.40. The van der Waals surface area contributed by atoms with E-state index in [9.17, 15) is 9.59 Å². The highest BCUT2D eigenvalue weighted by atomic mass is 35.5. The second kappa shape index (κ2) is 8.77. The molecule has 0 aliphatic heterocycles. The zero-order chi connectivity index (χ0) is 21.1. The van der Waals surface area contributed by atoms with Crippen molar-refractivity contribution in [2.24, 2.45) is 0 Å². The lowest BCUT2D eigenvalue weighted by Gasteiger charge is -2.10. The molecule has 0 saturated heterocycles. The number of anilines is 1. The Kier molecular flexibility index (Phi) is 5.92. The van der Waals surface area contributed by atoms with Crippen LogP contribution in [0.4, 0.5) is 5.82 Å². The summed E-state index contributed by atoms with van der Waals surface area (Å²) in [4.78, 5) is 24.4. The number of carbonyl (C=O) groups is 1. The van der Waals surface area contributed by atoms with Crippen molar-refractivity contribution in [3.8, 4) is 0 Å². The molecule has 7 nitrogen and oxygen atoms in total. The number of carbonyl (C=O) groups excluding carboxylic acids is 1. The van der Waals surface area contributed by atoms with Crippen LogP contribution in [0.2, 0.25) is 10.0 Å². The SMILES string of the molecule is O=C(CCCn1c(=O)oc2ccccc21)Nc1ccnn1Cc1ccc(Cl)cc1Cl. The van der Waals surface area contributed by atoms with E-state index in [0.717, 1.165) is 11.1 Å². The van der Waals surface area contributed by atoms with E-state index < -0.39 is 5.76 Å². The number of benzene rings is 2. The molecule has 0 unspecified atom stereocenters. The molecule has 9 heteroatoms. The molecule has 1 amide bonds. The van der Waals surface area contributed by atoms with E-state index in [1.165, 1.54) is 4.57 Å². The lowest BCUT2D eigenvalue weighted by Crippen LogP contribution is -2.18. The molecule has 2 aromatic heterocycles. The van der Waals surface area contributed by atoms with Crippen LogP contribution < -0.4 is 11.1 Å². The average molecular weight is 445 g/mol. The van der Waals surface area contributed by atoms with E-state index in [-0.39, 0.29) is 12.3 Å². The summed E-state index contributed by atoms with van der Waals surface area (Å²) in [7, 11) is 0. The third-order valence-electron chi connectivity index (χ3n) is 4.68. The van der Waals surface area contributed by atoms with Gasteiger partial charge in [0.1, 0.15) is 5.82 Å². The number of aromatic nitrogens is 3. The average Bonchev–Trinajstić information content (AvgIpc) is 3.27. The number of nitrogens with one attached hydrogen (secondary N) is 1. The van der Waals surface area contributed by atoms with Gasteiger partial charge in [-0.3, -0.25) is 9.36 Å². The molecule has 154 valence electrons. The van der Waals surface area contributed by atoms with Crippen LogP contribution in [0, 0.1) is 0 Å². The number of fused-ring (bicyclic) bond motifs is 1. The van der Waals surface area contributed by atoms with Crippen molar-refractivity contribution in [3.05, 3.63) is 80.9 Å². The van der Waals surface area contributed by atoms with Crippen molar-refractivity contribution in [2.45, 2.75) is 25.9 Å². The first-order valence-corrected chi connectivity index (χ1v) is 10.1. The van der Waals surface area contributed by atoms with E-state index in [0.29, 0.717) is 41.0 Å². The Balaban J connectivity index is 1.36. The predicted octanol–water partition coefficient (Wildman–Crippen LogP) is 4.57. The van der Waals surface area contributed by atoms with Crippen LogP contribution in [0.1, 0.15) is 18.4 Å². The Morgan fingerprint density at radius 3 is 2.80 bits per heavy atom. The minimum atomic E-state index is -0.422. The van der Waals surface area contributed by atoms with Crippen molar-refractivity contribution < 1.29 is 9.21 Å². The van der Waals surface area contributed by atoms with Crippen LogP contribution >= 0.6 is 23.2 Å². The summed E-state index contributed by atoms with van der Waals surface area (Å²) >= 11 is 12.2. The van der Waals surface area contributed by atoms with Gasteiger partial charge in [0.2, 0.25) is 5.91 Å². The number of halogens is 2. The first kappa shape index (κ1) is 20.3. The van der Waals surface area contributed by atoms with E-state index in [1.807, 2.05) is 24.3 Å². The van der Waals surface area contributed by atoms with Gasteiger partial charge in [0, 0.05) is 29.1 Å². The fraction of sp³-hybridized carbons (Fsp3) is 0.190. The lowest BCUT2D eigenvalue weighted by molar-refractivity contribution is -0.116. The maximum Gasteiger partial charge on any atom is 0.419 e. The van der Waals surface area contributed by atoms with E-state index in [1.54, 1.807) is 35.1 Å². The topological polar surface area (TPSA) is 82.1 Å². The molecule has 0 fully saturated rings. The molecule has 4 aromatic rings. The van der Waals surface area contributed by atoms with Crippen molar-refractivity contribution in [3.63, 3.8) is 0 Å². The second-order valence-corrected chi connectivity index (χ2v) is 7.59. The number of amides is 1. The zero-order valence-corrected chi connectivity index (χ0v) is 17.4. The third kappa shape index (κ3) is 4.42. The van der Waals surface area contributed by atoms with Crippen LogP contribution in [0.3, 0.4) is 0 Å². The Morgan fingerprint density at radius 2 is 1.97 bits per heavy atom. The predicted molar refractivity (Wildman–Crippen MR) is 116 cm³/mol. The molecular weight excluding hydrogens is 427 g/mol. The number of oxazole rings is 1. The number of para-hydroxylation sites is 2. The minimum Gasteiger partial charge on any atom is -0.408 e. The molecule has 1 N–H and O–H groups in total. The van der Waals surface area contributed by atoms with Crippen LogP contribution in [-0.2, 0) is 17.9 Å². The monoisotopic (exact) mass is 444 g/mol. The van der Waals surface area contributed by atoms with Gasteiger partial charge in [-0.05, 0) is 36.2 Å². The standard InChI is InChI=1S/C21H18Cl2N4O3/c22-15-8-7-14(16(23)12-15)13-27-19(9-10-24-27)25-20(28)6-3-11-26-17-4-1-2-5-18(17)30-21(26)29/h1-2,4-5,7-10,12H,3,6,11,13H2,(H,25,28). The summed E-state index contributed by atoms with van der Waals surface area (Å²) in [5.41, 5.74) is 2.10. The van der Waals surface area contributed by atoms with Gasteiger partial charge in [-0.15, -0.1) is 0 Å². The summed E-state index contributed by atoms with van der Waals surface area (Å²) in [5, 5.41) is 8.20. The summed E-state index contributed by atoms with van der Waals surface area (Å²) in [6, 6.07) is 14.2. The molecule has 0 radical (unpaired) electrons. The molecule has 0 bridgehead atoms. The molecule has 0 spiro atoms. The first-order valence-electron chi connectivity index (χ1n) is 9.35. The van der Waals surface area contributed by atoms with E-state index in [4.69, 9.17) is 27.6 Å². The lowest BCUT2D eigenvalue weighted by atomic mass is 10.2. The summed E-state index contributed by atoms with van der Waals surface area (Å²) in [5.74, 6) is -0.0220. The van der Waals surface area contributed by atoms with Crippen molar-refractivity contribution >= 4 is 46.0 Å². The molecule has 0 aliphatic carbocycles. The molecule has 2 heterocycles. The summed E-state index contributed by atoms with van der Waals surface area (Å²) in [6.07, 6.45) is 2.35. The quantitative estimate of drug-likeness (QED) is 0.452. The van der Waals surface area contributed by atoms with Gasteiger partial charge in [0.15, 0.2) is 5.58 Å². The highest BCUT2D eigenvalue weighted by Gasteiger charge is 2.12. The summed E-state index contributed by atoms with van der Waals surface area (Å²) in [6.45, 7) is 0.790. The number of rotatable bonds is 7. The van der Waals surface area contributed by atoms with Gasteiger partial charge >= 0.3 is 5.76 Å². The maximum atomic E-state index is 12.4. The van der Waals surface area contributed by atoms with Gasteiger partial charge < -0.3 is 9.73 Å². The van der Waals surface area contributed by atoms with Crippen molar-refractivity contribution in [1.82, 2.24) is 14.3 Å². The van der Waals surface area contributed by atoms with E-state index in [2.05, 4.69) is 10.4 Å². The fourth-order valence-corrected chi connectivity index (χ4v) is 3.67. The number of hydrogen-bond donors (Lipinski definition) is 1. The molecule has 4 rings (SSSR count). The number of aryl methyl sites for hydroxylation is 1. The van der Waals surface area contributed by atoms with Crippen LogP contribution in [0.25, 0.3) is 11.1 Å². The van der Waals surface area contributed by atoms with Crippen LogP contribution in [0.15, 0.2) is 63.9 Å². The van der Waals surface area contributed by atoms with Gasteiger partial charge in [-0.25, -0.2) is 9.48 Å². The van der Waals surface area contributed by atoms with Crippen LogP contribution in [-0.4, -0.2) is 20.3 Å². The van der Waals surface area contributed by atoms with Crippen molar-refractivity contribution in [1.29, 1.82) is 0 Å². The molecule has 0 aliphatic rings. The Morgan fingerprint density at radius 1 is 1.13 bits per heavy atom. The smallest absolute Gasteiger partial charge is 0.408 e. The maximum absolute atomic E-state index is 12.4. The minimum absolute atomic E-state index is 0.167. The number of hydrogen-bond acceptors (Lipinski definition) is 4. The van der Waals surface area contributed by atoms with E-state index >= 15 is 0 Å². The first-order chi connectivity index (χ1) is 14.5. The van der Waals surface area contributed by atoms with Crippen LogP contribution in [0.5, 0.6) is 0 Å². The normalized spacial score (nSPS) is 11.1. The third-order valence-corrected chi connectivity index (χ3v) is 5.27. The highest BCUT2D eigenvalue weighted by molar-refractivity contribution is 6.35. The molecule has 30 heavy (non-hydrogen) atoms. The Bertz CT molecular complexity index is 1260. The van der Waals surface area contributed by atoms with Gasteiger partial charge in [0.05, 0.1) is 18.3 Å². The van der Waals surface area contributed by atoms with Gasteiger partial charge in [0.25, 0.3) is 0 Å². The highest BCUT2D eigenvalue weighted by Crippen LogP contribution is 2.23. The Hall–Kier alpha value is -3.03. The molecule has 0 saturated carbocycles. The Labute approximate surface area is 181 Å². The zero-order valence-electron chi connectivity index (χ0n) is 15.8. The number of nitrogens with zero attached hydrogens (tertiary/aromatic N) is 3. The van der Waals surface area contributed by atoms with Gasteiger partial charge in [-0.1, -0.05) is 41.4 Å². The van der Waals surface area contributed by atoms with Gasteiger partial charge in [-0.2, -0.15) is 5.10 Å². The molecule has 2 aromatic carbocycles. The molecular formula is C21H18Cl2N4O3.